The molecule has 23 heavy (non-hydrogen) atoms. The SMILES string of the molecule is CCOc1ccccc1CNC(=NC)NCC(C)N(C)C1CC1. The summed E-state index contributed by atoms with van der Waals surface area (Å²) in [6.07, 6.45) is 2.67. The van der Waals surface area contributed by atoms with Crippen LogP contribution in [0, 0.1) is 0 Å². The van der Waals surface area contributed by atoms with Crippen LogP contribution in [0.4, 0.5) is 0 Å². The maximum absolute atomic E-state index is 5.66. The first kappa shape index (κ1) is 17.6. The Morgan fingerprint density at radius 2 is 2.09 bits per heavy atom. The largest absolute Gasteiger partial charge is 0.494 e. The van der Waals surface area contributed by atoms with Gasteiger partial charge in [-0.1, -0.05) is 18.2 Å². The topological polar surface area (TPSA) is 48.9 Å². The number of aliphatic imine (C=N–C) groups is 1. The number of hydrogen-bond acceptors (Lipinski definition) is 3. The van der Waals surface area contributed by atoms with Gasteiger partial charge in [-0.3, -0.25) is 9.89 Å². The zero-order chi connectivity index (χ0) is 16.7. The molecule has 1 atom stereocenters. The molecule has 0 spiro atoms. The van der Waals surface area contributed by atoms with Crippen molar-refractivity contribution in [3.63, 3.8) is 0 Å². The molecule has 1 fully saturated rings. The van der Waals surface area contributed by atoms with Crippen LogP contribution < -0.4 is 15.4 Å². The number of benzene rings is 1. The Balaban J connectivity index is 1.81. The highest BCUT2D eigenvalue weighted by atomic mass is 16.5. The molecule has 0 saturated heterocycles. The van der Waals surface area contributed by atoms with Gasteiger partial charge in [0, 0.05) is 37.8 Å². The van der Waals surface area contributed by atoms with E-state index in [0.717, 1.165) is 29.9 Å². The fourth-order valence-electron chi connectivity index (χ4n) is 2.58. The average Bonchev–Trinajstić information content (AvgIpc) is 3.40. The van der Waals surface area contributed by atoms with E-state index in [1.807, 2.05) is 25.1 Å². The molecule has 1 unspecified atom stereocenters. The molecule has 0 heterocycles. The van der Waals surface area contributed by atoms with Crippen LogP contribution in [0.3, 0.4) is 0 Å². The summed E-state index contributed by atoms with van der Waals surface area (Å²) in [7, 11) is 4.01. The predicted molar refractivity (Wildman–Crippen MR) is 96.1 cm³/mol. The third-order valence-electron chi connectivity index (χ3n) is 4.33. The second-order valence-electron chi connectivity index (χ2n) is 6.09. The van der Waals surface area contributed by atoms with Crippen LogP contribution in [0.2, 0.25) is 0 Å². The van der Waals surface area contributed by atoms with E-state index in [1.165, 1.54) is 12.8 Å². The van der Waals surface area contributed by atoms with E-state index < -0.39 is 0 Å². The summed E-state index contributed by atoms with van der Waals surface area (Å²) < 4.78 is 5.66. The van der Waals surface area contributed by atoms with Gasteiger partial charge < -0.3 is 15.4 Å². The minimum atomic E-state index is 0.497. The van der Waals surface area contributed by atoms with Crippen molar-refractivity contribution in [2.24, 2.45) is 4.99 Å². The van der Waals surface area contributed by atoms with Gasteiger partial charge in [-0.15, -0.1) is 0 Å². The third-order valence-corrected chi connectivity index (χ3v) is 4.33. The van der Waals surface area contributed by atoms with Crippen LogP contribution in [0.15, 0.2) is 29.3 Å². The molecule has 0 bridgehead atoms. The van der Waals surface area contributed by atoms with E-state index in [-0.39, 0.29) is 0 Å². The van der Waals surface area contributed by atoms with Crippen molar-refractivity contribution in [2.45, 2.75) is 45.3 Å². The quantitative estimate of drug-likeness (QED) is 0.570. The zero-order valence-corrected chi connectivity index (χ0v) is 14.8. The number of nitrogens with one attached hydrogen (secondary N) is 2. The maximum Gasteiger partial charge on any atom is 0.191 e. The van der Waals surface area contributed by atoms with Gasteiger partial charge in [-0.05, 0) is 39.8 Å². The lowest BCUT2D eigenvalue weighted by Gasteiger charge is -2.25. The van der Waals surface area contributed by atoms with Crippen molar-refractivity contribution in [3.8, 4) is 5.75 Å². The fourth-order valence-corrected chi connectivity index (χ4v) is 2.58. The van der Waals surface area contributed by atoms with E-state index in [9.17, 15) is 0 Å². The van der Waals surface area contributed by atoms with Crippen molar-refractivity contribution in [1.29, 1.82) is 0 Å². The number of rotatable bonds is 8. The van der Waals surface area contributed by atoms with E-state index in [4.69, 9.17) is 4.74 Å². The van der Waals surface area contributed by atoms with Crippen LogP contribution in [0.25, 0.3) is 0 Å². The summed E-state index contributed by atoms with van der Waals surface area (Å²) in [4.78, 5) is 6.75. The molecule has 128 valence electrons. The maximum atomic E-state index is 5.66. The molecule has 0 amide bonds. The summed E-state index contributed by atoms with van der Waals surface area (Å²) in [5, 5.41) is 6.77. The van der Waals surface area contributed by atoms with Gasteiger partial charge in [-0.25, -0.2) is 0 Å². The van der Waals surface area contributed by atoms with E-state index in [0.29, 0.717) is 19.2 Å². The molecule has 0 aliphatic heterocycles. The third kappa shape index (κ3) is 5.43. The number of ether oxygens (including phenoxy) is 1. The van der Waals surface area contributed by atoms with Gasteiger partial charge in [0.2, 0.25) is 0 Å². The van der Waals surface area contributed by atoms with Gasteiger partial charge in [0.1, 0.15) is 5.75 Å². The van der Waals surface area contributed by atoms with Crippen LogP contribution >= 0.6 is 0 Å². The summed E-state index contributed by atoms with van der Waals surface area (Å²) in [5.41, 5.74) is 1.14. The molecular weight excluding hydrogens is 288 g/mol. The van der Waals surface area contributed by atoms with E-state index in [1.54, 1.807) is 7.05 Å². The number of nitrogens with zero attached hydrogens (tertiary/aromatic N) is 2. The second-order valence-corrected chi connectivity index (χ2v) is 6.09. The highest BCUT2D eigenvalue weighted by Gasteiger charge is 2.28. The Hall–Kier alpha value is -1.75. The predicted octanol–water partition coefficient (Wildman–Crippen LogP) is 2.23. The normalized spacial score (nSPS) is 16.3. The molecule has 5 nitrogen and oxygen atoms in total. The highest BCUT2D eigenvalue weighted by Crippen LogP contribution is 2.26. The van der Waals surface area contributed by atoms with Crippen LogP contribution in [0.1, 0.15) is 32.3 Å². The monoisotopic (exact) mass is 318 g/mol. The minimum absolute atomic E-state index is 0.497. The standard InChI is InChI=1S/C18H30N4O/c1-5-23-17-9-7-6-8-15(17)13-21-18(19-3)20-12-14(2)22(4)16-10-11-16/h6-9,14,16H,5,10-13H2,1-4H3,(H2,19,20,21). The lowest BCUT2D eigenvalue weighted by molar-refractivity contribution is 0.247. The summed E-state index contributed by atoms with van der Waals surface area (Å²) in [5.74, 6) is 1.76. The van der Waals surface area contributed by atoms with Crippen molar-refractivity contribution in [1.82, 2.24) is 15.5 Å². The van der Waals surface area contributed by atoms with Gasteiger partial charge in [0.25, 0.3) is 0 Å². The van der Waals surface area contributed by atoms with Crippen molar-refractivity contribution < 1.29 is 4.74 Å². The van der Waals surface area contributed by atoms with Gasteiger partial charge >= 0.3 is 0 Å². The van der Waals surface area contributed by atoms with Gasteiger partial charge in [-0.2, -0.15) is 0 Å². The Morgan fingerprint density at radius 3 is 2.74 bits per heavy atom. The molecule has 1 aliphatic carbocycles. The Kier molecular flexibility index (Phi) is 6.71. The molecule has 1 aromatic rings. The number of para-hydroxylation sites is 1. The van der Waals surface area contributed by atoms with Crippen molar-refractivity contribution in [3.05, 3.63) is 29.8 Å². The smallest absolute Gasteiger partial charge is 0.191 e. The summed E-state index contributed by atoms with van der Waals surface area (Å²) in [6, 6.07) is 9.38. The fraction of sp³-hybridized carbons (Fsp3) is 0.611. The van der Waals surface area contributed by atoms with Gasteiger partial charge in [0.05, 0.1) is 6.61 Å². The molecule has 1 aromatic carbocycles. The second kappa shape index (κ2) is 8.77. The first-order valence-electron chi connectivity index (χ1n) is 8.52. The van der Waals surface area contributed by atoms with E-state index in [2.05, 4.69) is 40.6 Å². The molecule has 1 saturated carbocycles. The Bertz CT molecular complexity index is 513. The lowest BCUT2D eigenvalue weighted by Crippen LogP contribution is -2.45. The van der Waals surface area contributed by atoms with Gasteiger partial charge in [0.15, 0.2) is 5.96 Å². The van der Waals surface area contributed by atoms with Crippen LogP contribution in [-0.4, -0.2) is 50.2 Å². The molecule has 5 heteroatoms. The zero-order valence-electron chi connectivity index (χ0n) is 14.8. The highest BCUT2D eigenvalue weighted by molar-refractivity contribution is 5.79. The molecule has 1 aliphatic rings. The van der Waals surface area contributed by atoms with Crippen LogP contribution in [0.5, 0.6) is 5.75 Å². The van der Waals surface area contributed by atoms with Crippen LogP contribution in [-0.2, 0) is 6.54 Å². The van der Waals surface area contributed by atoms with Crippen molar-refractivity contribution in [2.75, 3.05) is 27.2 Å². The number of likely N-dealkylation sites (N-methyl/N-ethyl adjacent to an activating group) is 1. The number of hydrogen-bond donors (Lipinski definition) is 2. The Morgan fingerprint density at radius 1 is 1.35 bits per heavy atom. The number of guanidine groups is 1. The lowest BCUT2D eigenvalue weighted by atomic mass is 10.2. The molecule has 0 aromatic heterocycles. The minimum Gasteiger partial charge on any atom is -0.494 e. The first-order valence-corrected chi connectivity index (χ1v) is 8.52. The average molecular weight is 318 g/mol. The first-order chi connectivity index (χ1) is 11.2. The summed E-state index contributed by atoms with van der Waals surface area (Å²) >= 11 is 0. The Labute approximate surface area is 140 Å². The van der Waals surface area contributed by atoms with E-state index >= 15 is 0 Å². The van der Waals surface area contributed by atoms with Crippen molar-refractivity contribution >= 4 is 5.96 Å². The molecule has 2 rings (SSSR count). The molecular formula is C18H30N4O. The molecule has 0 radical (unpaired) electrons. The summed E-state index contributed by atoms with van der Waals surface area (Å²) in [6.45, 7) is 6.52. The molecule has 2 N–H and O–H groups in total.